The van der Waals surface area contributed by atoms with E-state index in [2.05, 4.69) is 32.2 Å². The smallest absolute Gasteiger partial charge is 0.321 e. The molecule has 18 heavy (non-hydrogen) atoms. The molecule has 1 fully saturated rings. The van der Waals surface area contributed by atoms with Crippen LogP contribution in [0.3, 0.4) is 0 Å². The van der Waals surface area contributed by atoms with E-state index in [1.54, 1.807) is 11.8 Å². The van der Waals surface area contributed by atoms with Crippen LogP contribution in [0.2, 0.25) is 0 Å². The van der Waals surface area contributed by atoms with Crippen LogP contribution in [0.4, 0.5) is 0 Å². The van der Waals surface area contributed by atoms with Gasteiger partial charge in [0.1, 0.15) is 6.04 Å². The Labute approximate surface area is 114 Å². The summed E-state index contributed by atoms with van der Waals surface area (Å²) in [5.74, 6) is 0.695. The van der Waals surface area contributed by atoms with E-state index in [4.69, 9.17) is 5.11 Å². The Kier molecular flexibility index (Phi) is 6.79. The first-order chi connectivity index (χ1) is 8.49. The standard InChI is InChI=1S/C14H25NO2S/c1-10(2)5-4-6-11(3)7-8-13-15-12(9-18-13)14(16)17/h5,11-13,15H,4,6-9H2,1-3H3,(H,16,17)/t11-,12-,13+/m0/s1. The quantitative estimate of drug-likeness (QED) is 0.698. The van der Waals surface area contributed by atoms with Gasteiger partial charge in [-0.2, -0.15) is 0 Å². The fraction of sp³-hybridized carbons (Fsp3) is 0.786. The van der Waals surface area contributed by atoms with Gasteiger partial charge in [0.2, 0.25) is 0 Å². The van der Waals surface area contributed by atoms with Crippen molar-refractivity contribution >= 4 is 17.7 Å². The van der Waals surface area contributed by atoms with Crippen molar-refractivity contribution in [2.24, 2.45) is 5.92 Å². The molecule has 1 rings (SSSR count). The topological polar surface area (TPSA) is 49.3 Å². The highest BCUT2D eigenvalue weighted by atomic mass is 32.2. The van der Waals surface area contributed by atoms with Crippen molar-refractivity contribution in [1.82, 2.24) is 5.32 Å². The lowest BCUT2D eigenvalue weighted by Gasteiger charge is -2.14. The zero-order valence-electron chi connectivity index (χ0n) is 11.6. The van der Waals surface area contributed by atoms with E-state index in [1.807, 2.05) is 0 Å². The molecule has 0 radical (unpaired) electrons. The Morgan fingerprint density at radius 1 is 1.50 bits per heavy atom. The lowest BCUT2D eigenvalue weighted by atomic mass is 9.99. The van der Waals surface area contributed by atoms with Crippen LogP contribution in [0.25, 0.3) is 0 Å². The number of aliphatic carboxylic acids is 1. The van der Waals surface area contributed by atoms with Crippen molar-refractivity contribution in [3.63, 3.8) is 0 Å². The lowest BCUT2D eigenvalue weighted by molar-refractivity contribution is -0.138. The van der Waals surface area contributed by atoms with Crippen LogP contribution in [-0.2, 0) is 4.79 Å². The van der Waals surface area contributed by atoms with Gasteiger partial charge in [0.05, 0.1) is 5.37 Å². The molecule has 0 unspecified atom stereocenters. The third kappa shape index (κ3) is 5.91. The first-order valence-electron chi connectivity index (χ1n) is 6.73. The maximum absolute atomic E-state index is 10.8. The second-order valence-corrected chi connectivity index (χ2v) is 6.66. The molecule has 0 aromatic carbocycles. The highest BCUT2D eigenvalue weighted by Gasteiger charge is 2.29. The maximum Gasteiger partial charge on any atom is 0.321 e. The molecule has 4 heteroatoms. The Balaban J connectivity index is 2.14. The van der Waals surface area contributed by atoms with Gasteiger partial charge < -0.3 is 5.11 Å². The average Bonchev–Trinajstić information content (AvgIpc) is 2.74. The molecule has 1 heterocycles. The van der Waals surface area contributed by atoms with Gasteiger partial charge in [-0.05, 0) is 45.4 Å². The number of carboxylic acid groups (broad SMARTS) is 1. The molecule has 0 saturated carbocycles. The van der Waals surface area contributed by atoms with Gasteiger partial charge >= 0.3 is 5.97 Å². The van der Waals surface area contributed by atoms with Gasteiger partial charge in [0, 0.05) is 5.75 Å². The molecule has 1 saturated heterocycles. The molecule has 0 spiro atoms. The molecule has 0 bridgehead atoms. The van der Waals surface area contributed by atoms with E-state index in [1.165, 1.54) is 18.4 Å². The second kappa shape index (κ2) is 7.85. The fourth-order valence-electron chi connectivity index (χ4n) is 2.08. The van der Waals surface area contributed by atoms with E-state index in [9.17, 15) is 4.79 Å². The largest absolute Gasteiger partial charge is 0.480 e. The van der Waals surface area contributed by atoms with Crippen LogP contribution in [0.5, 0.6) is 0 Å². The van der Waals surface area contributed by atoms with E-state index in [0.29, 0.717) is 17.0 Å². The van der Waals surface area contributed by atoms with Crippen molar-refractivity contribution in [2.45, 2.75) is 57.9 Å². The SMILES string of the molecule is CC(C)=CCC[C@H](C)CC[C@@H]1N[C@H](C(=O)O)CS1. The van der Waals surface area contributed by atoms with Crippen molar-refractivity contribution in [1.29, 1.82) is 0 Å². The summed E-state index contributed by atoms with van der Waals surface area (Å²) >= 11 is 1.75. The summed E-state index contributed by atoms with van der Waals surface area (Å²) in [5, 5.41) is 12.4. The summed E-state index contributed by atoms with van der Waals surface area (Å²) < 4.78 is 0. The highest BCUT2D eigenvalue weighted by Crippen LogP contribution is 2.25. The molecule has 1 aliphatic heterocycles. The van der Waals surface area contributed by atoms with Gasteiger partial charge in [0.25, 0.3) is 0 Å². The lowest BCUT2D eigenvalue weighted by Crippen LogP contribution is -2.36. The number of carbonyl (C=O) groups is 1. The van der Waals surface area contributed by atoms with E-state index in [0.717, 1.165) is 12.8 Å². The van der Waals surface area contributed by atoms with Gasteiger partial charge in [-0.25, -0.2) is 0 Å². The van der Waals surface area contributed by atoms with E-state index in [-0.39, 0.29) is 6.04 Å². The predicted molar refractivity (Wildman–Crippen MR) is 77.9 cm³/mol. The summed E-state index contributed by atoms with van der Waals surface area (Å²) in [6, 6.07) is -0.346. The zero-order valence-corrected chi connectivity index (χ0v) is 12.4. The minimum Gasteiger partial charge on any atom is -0.480 e. The van der Waals surface area contributed by atoms with Crippen LogP contribution >= 0.6 is 11.8 Å². The molecule has 0 amide bonds. The second-order valence-electron chi connectivity index (χ2n) is 5.42. The minimum atomic E-state index is -0.721. The molecule has 104 valence electrons. The monoisotopic (exact) mass is 271 g/mol. The van der Waals surface area contributed by atoms with Crippen LogP contribution in [0.1, 0.15) is 46.5 Å². The van der Waals surface area contributed by atoms with Gasteiger partial charge in [-0.15, -0.1) is 11.8 Å². The normalized spacial score (nSPS) is 24.8. The molecule has 3 nitrogen and oxygen atoms in total. The van der Waals surface area contributed by atoms with Crippen LogP contribution in [0.15, 0.2) is 11.6 Å². The van der Waals surface area contributed by atoms with Crippen LogP contribution in [0, 0.1) is 5.92 Å². The molecule has 0 aliphatic carbocycles. The van der Waals surface area contributed by atoms with Gasteiger partial charge in [-0.1, -0.05) is 18.6 Å². The van der Waals surface area contributed by atoms with E-state index >= 15 is 0 Å². The number of carboxylic acids is 1. The summed E-state index contributed by atoms with van der Waals surface area (Å²) in [6.45, 7) is 6.55. The predicted octanol–water partition coefficient (Wildman–Crippen LogP) is 3.26. The van der Waals surface area contributed by atoms with Crippen molar-refractivity contribution in [2.75, 3.05) is 5.75 Å². The molecule has 1 aliphatic rings. The Hall–Kier alpha value is -0.480. The van der Waals surface area contributed by atoms with E-state index < -0.39 is 5.97 Å². The van der Waals surface area contributed by atoms with Gasteiger partial charge in [0.15, 0.2) is 0 Å². The first kappa shape index (κ1) is 15.6. The Morgan fingerprint density at radius 2 is 2.22 bits per heavy atom. The van der Waals surface area contributed by atoms with Crippen LogP contribution in [-0.4, -0.2) is 28.2 Å². The Morgan fingerprint density at radius 3 is 2.78 bits per heavy atom. The fourth-order valence-corrected chi connectivity index (χ4v) is 3.31. The minimum absolute atomic E-state index is 0.331. The highest BCUT2D eigenvalue weighted by molar-refractivity contribution is 8.00. The van der Waals surface area contributed by atoms with Crippen LogP contribution < -0.4 is 5.32 Å². The third-order valence-corrected chi connectivity index (χ3v) is 4.58. The zero-order chi connectivity index (χ0) is 13.5. The number of nitrogens with one attached hydrogen (secondary N) is 1. The molecule has 0 aromatic heterocycles. The van der Waals surface area contributed by atoms with Crippen molar-refractivity contribution < 1.29 is 9.90 Å². The van der Waals surface area contributed by atoms with Crippen molar-refractivity contribution in [3.05, 3.63) is 11.6 Å². The summed E-state index contributed by atoms with van der Waals surface area (Å²) in [7, 11) is 0. The molecular weight excluding hydrogens is 246 g/mol. The molecular formula is C14H25NO2S. The number of hydrogen-bond acceptors (Lipinski definition) is 3. The first-order valence-corrected chi connectivity index (χ1v) is 7.77. The Bertz CT molecular complexity index is 300. The maximum atomic E-state index is 10.8. The molecule has 2 N–H and O–H groups in total. The average molecular weight is 271 g/mol. The number of rotatable bonds is 7. The molecule has 0 aromatic rings. The summed E-state index contributed by atoms with van der Waals surface area (Å²) in [6.07, 6.45) is 6.93. The van der Waals surface area contributed by atoms with Gasteiger partial charge in [-0.3, -0.25) is 10.1 Å². The number of hydrogen-bond donors (Lipinski definition) is 2. The van der Waals surface area contributed by atoms with Crippen molar-refractivity contribution in [3.8, 4) is 0 Å². The number of thioether (sulfide) groups is 1. The molecule has 3 atom stereocenters. The third-order valence-electron chi connectivity index (χ3n) is 3.28. The summed E-state index contributed by atoms with van der Waals surface area (Å²) in [4.78, 5) is 10.8. The number of allylic oxidation sites excluding steroid dienone is 2. The summed E-state index contributed by atoms with van der Waals surface area (Å²) in [5.41, 5.74) is 1.39.